The van der Waals surface area contributed by atoms with Crippen LogP contribution in [0.1, 0.15) is 32.1 Å². The Labute approximate surface area is 92.3 Å². The largest absolute Gasteiger partial charge is 0.288 e. The fourth-order valence-corrected chi connectivity index (χ4v) is 4.60. The fraction of sp³-hybridized carbons (Fsp3) is 1.00. The summed E-state index contributed by atoms with van der Waals surface area (Å²) in [6.07, 6.45) is 3.57. The maximum atomic E-state index is 11.3. The van der Waals surface area contributed by atoms with E-state index in [1.54, 1.807) is 0 Å². The van der Waals surface area contributed by atoms with E-state index in [1.807, 2.05) is 0 Å². The Morgan fingerprint density at radius 3 is 2.00 bits per heavy atom. The van der Waals surface area contributed by atoms with Gasteiger partial charge in [-0.05, 0) is 31.1 Å². The van der Waals surface area contributed by atoms with Crippen LogP contribution in [0.5, 0.6) is 0 Å². The van der Waals surface area contributed by atoms with Crippen molar-refractivity contribution in [2.24, 2.45) is 17.8 Å². The van der Waals surface area contributed by atoms with Crippen LogP contribution in [-0.4, -0.2) is 21.4 Å². The Kier molecular flexibility index (Phi) is 1.83. The molecular formula is C10H14N2O4. The summed E-state index contributed by atoms with van der Waals surface area (Å²) in [5, 5.41) is 22.4. The van der Waals surface area contributed by atoms with E-state index in [2.05, 4.69) is 0 Å². The fourth-order valence-electron chi connectivity index (χ4n) is 4.60. The second-order valence-electron chi connectivity index (χ2n) is 5.70. The van der Waals surface area contributed by atoms with Crippen LogP contribution in [0.2, 0.25) is 0 Å². The quantitative estimate of drug-likeness (QED) is 0.527. The lowest BCUT2D eigenvalue weighted by Gasteiger charge is -2.51. The average Bonchev–Trinajstić information content (AvgIpc) is 2.14. The highest BCUT2D eigenvalue weighted by Crippen LogP contribution is 2.57. The first-order chi connectivity index (χ1) is 7.53. The smallest absolute Gasteiger partial charge is 0.264 e. The normalized spacial score (nSPS) is 49.2. The van der Waals surface area contributed by atoms with Crippen LogP contribution in [0.4, 0.5) is 0 Å². The third-order valence-electron chi connectivity index (χ3n) is 4.81. The zero-order chi connectivity index (χ0) is 11.5. The Bertz CT molecular complexity index is 356. The van der Waals surface area contributed by atoms with Gasteiger partial charge in [-0.25, -0.2) is 0 Å². The van der Waals surface area contributed by atoms with Gasteiger partial charge >= 0.3 is 0 Å². The molecule has 0 heterocycles. The third-order valence-corrected chi connectivity index (χ3v) is 4.81. The lowest BCUT2D eigenvalue weighted by atomic mass is 9.51. The number of hydrogen-bond donors (Lipinski definition) is 0. The van der Waals surface area contributed by atoms with Gasteiger partial charge in [0.2, 0.25) is 0 Å². The van der Waals surface area contributed by atoms with E-state index >= 15 is 0 Å². The van der Waals surface area contributed by atoms with Crippen molar-refractivity contribution in [3.8, 4) is 0 Å². The van der Waals surface area contributed by atoms with Gasteiger partial charge in [0.25, 0.3) is 11.6 Å². The van der Waals surface area contributed by atoms with Crippen LogP contribution < -0.4 is 0 Å². The minimum absolute atomic E-state index is 0.0494. The zero-order valence-corrected chi connectivity index (χ0v) is 8.87. The molecule has 4 aliphatic carbocycles. The van der Waals surface area contributed by atoms with Crippen LogP contribution in [0.25, 0.3) is 0 Å². The number of rotatable bonds is 2. The molecule has 88 valence electrons. The molecule has 0 radical (unpaired) electrons. The van der Waals surface area contributed by atoms with Gasteiger partial charge in [-0.15, -0.1) is 0 Å². The van der Waals surface area contributed by atoms with Crippen molar-refractivity contribution >= 4 is 0 Å². The number of hydrogen-bond acceptors (Lipinski definition) is 4. The van der Waals surface area contributed by atoms with E-state index in [9.17, 15) is 20.2 Å². The predicted molar refractivity (Wildman–Crippen MR) is 54.1 cm³/mol. The highest BCUT2D eigenvalue weighted by Gasteiger charge is 2.70. The molecule has 4 rings (SSSR count). The third kappa shape index (κ3) is 1.07. The monoisotopic (exact) mass is 226 g/mol. The summed E-state index contributed by atoms with van der Waals surface area (Å²) in [6, 6.07) is -0.935. The van der Waals surface area contributed by atoms with E-state index in [0.717, 1.165) is 19.3 Å². The van der Waals surface area contributed by atoms with Gasteiger partial charge in [0.1, 0.15) is 0 Å². The molecule has 4 saturated carbocycles. The lowest BCUT2D eigenvalue weighted by Crippen LogP contribution is -2.66. The van der Waals surface area contributed by atoms with Crippen molar-refractivity contribution in [2.75, 3.05) is 0 Å². The summed E-state index contributed by atoms with van der Waals surface area (Å²) in [7, 11) is 0. The summed E-state index contributed by atoms with van der Waals surface area (Å²) in [4.78, 5) is 21.6. The molecule has 6 heteroatoms. The molecule has 16 heavy (non-hydrogen) atoms. The van der Waals surface area contributed by atoms with Crippen molar-refractivity contribution in [3.63, 3.8) is 0 Å². The van der Waals surface area contributed by atoms with Crippen molar-refractivity contribution in [2.45, 2.75) is 43.7 Å². The molecule has 4 aliphatic rings. The summed E-state index contributed by atoms with van der Waals surface area (Å²) in [5.74, 6) is 0.671. The minimum Gasteiger partial charge on any atom is -0.264 e. The Hall–Kier alpha value is -1.20. The van der Waals surface area contributed by atoms with E-state index < -0.39 is 11.6 Å². The minimum atomic E-state index is -1.24. The van der Waals surface area contributed by atoms with Gasteiger partial charge in [-0.3, -0.25) is 20.2 Å². The molecule has 0 N–H and O–H groups in total. The van der Waals surface area contributed by atoms with E-state index in [-0.39, 0.29) is 15.8 Å². The molecule has 0 amide bonds. The number of nitro groups is 2. The number of nitrogens with zero attached hydrogens (tertiary/aromatic N) is 2. The van der Waals surface area contributed by atoms with Gasteiger partial charge < -0.3 is 0 Å². The molecule has 0 saturated heterocycles. The van der Waals surface area contributed by atoms with Gasteiger partial charge in [-0.1, -0.05) is 0 Å². The van der Waals surface area contributed by atoms with E-state index in [1.165, 1.54) is 0 Å². The first kappa shape index (κ1) is 9.99. The first-order valence-electron chi connectivity index (χ1n) is 5.81. The van der Waals surface area contributed by atoms with Gasteiger partial charge in [-0.2, -0.15) is 0 Å². The maximum absolute atomic E-state index is 11.3. The van der Waals surface area contributed by atoms with Crippen molar-refractivity contribution in [1.29, 1.82) is 0 Å². The highest BCUT2D eigenvalue weighted by atomic mass is 16.6. The molecule has 4 bridgehead atoms. The lowest BCUT2D eigenvalue weighted by molar-refractivity contribution is -0.675. The topological polar surface area (TPSA) is 86.3 Å². The van der Waals surface area contributed by atoms with Crippen molar-refractivity contribution < 1.29 is 9.85 Å². The van der Waals surface area contributed by atoms with Crippen LogP contribution in [0.3, 0.4) is 0 Å². The Balaban J connectivity index is 2.05. The summed E-state index contributed by atoms with van der Waals surface area (Å²) in [6.45, 7) is 0. The van der Waals surface area contributed by atoms with Crippen LogP contribution in [0, 0.1) is 38.0 Å². The van der Waals surface area contributed by atoms with E-state index in [4.69, 9.17) is 0 Å². The second kappa shape index (κ2) is 2.93. The summed E-state index contributed by atoms with van der Waals surface area (Å²) < 4.78 is 0. The molecule has 0 spiro atoms. The second-order valence-corrected chi connectivity index (χ2v) is 5.70. The van der Waals surface area contributed by atoms with Gasteiger partial charge in [0.05, 0.1) is 0 Å². The SMILES string of the molecule is O=[N+]([O-])C1C2CC3CC(C2)CC1([N+](=O)[O-])C3. The molecule has 4 fully saturated rings. The maximum Gasteiger partial charge on any atom is 0.288 e. The molecule has 0 aromatic heterocycles. The summed E-state index contributed by atoms with van der Waals surface area (Å²) >= 11 is 0. The highest BCUT2D eigenvalue weighted by molar-refractivity contribution is 5.07. The van der Waals surface area contributed by atoms with Crippen molar-refractivity contribution in [3.05, 3.63) is 20.2 Å². The standard InChI is InChI=1S/C10H14N2O4/c13-11(14)9-8-2-6-1-7(3-8)5-10(9,4-6)12(15)16/h6-9H,1-5H2. The zero-order valence-electron chi connectivity index (χ0n) is 8.87. The molecular weight excluding hydrogens is 212 g/mol. The van der Waals surface area contributed by atoms with E-state index in [0.29, 0.717) is 24.7 Å². The summed E-state index contributed by atoms with van der Waals surface area (Å²) in [5.41, 5.74) is -1.24. The van der Waals surface area contributed by atoms with Crippen molar-refractivity contribution in [1.82, 2.24) is 0 Å². The van der Waals surface area contributed by atoms with Gasteiger partial charge in [0.15, 0.2) is 0 Å². The Morgan fingerprint density at radius 1 is 1.00 bits per heavy atom. The first-order valence-corrected chi connectivity index (χ1v) is 5.81. The molecule has 6 nitrogen and oxygen atoms in total. The molecule has 0 aromatic rings. The van der Waals surface area contributed by atoms with Crippen LogP contribution >= 0.6 is 0 Å². The molecule has 3 unspecified atom stereocenters. The van der Waals surface area contributed by atoms with Crippen LogP contribution in [0.15, 0.2) is 0 Å². The molecule has 3 atom stereocenters. The average molecular weight is 226 g/mol. The van der Waals surface area contributed by atoms with Gasteiger partial charge in [0, 0.05) is 28.6 Å². The van der Waals surface area contributed by atoms with Crippen LogP contribution in [-0.2, 0) is 0 Å². The molecule has 0 aromatic carbocycles. The Morgan fingerprint density at radius 2 is 1.56 bits per heavy atom. The predicted octanol–water partition coefficient (Wildman–Crippen LogP) is 1.49. The molecule has 0 aliphatic heterocycles.